The van der Waals surface area contributed by atoms with E-state index in [9.17, 15) is 23.1 Å². The number of carboxylic acid groups (broad SMARTS) is 1. The second-order valence-corrected chi connectivity index (χ2v) is 9.32. The zero-order chi connectivity index (χ0) is 27.6. The summed E-state index contributed by atoms with van der Waals surface area (Å²) in [6.07, 6.45) is -1.19. The van der Waals surface area contributed by atoms with Gasteiger partial charge in [0.05, 0.1) is 28.9 Å². The maximum absolute atomic E-state index is 13.6. The molecule has 3 heterocycles. The molecule has 9 nitrogen and oxygen atoms in total. The molecule has 4 aromatic rings. The first-order chi connectivity index (χ1) is 17.9. The zero-order valence-electron chi connectivity index (χ0n) is 20.8. The van der Waals surface area contributed by atoms with Crippen LogP contribution in [0.1, 0.15) is 37.4 Å². The van der Waals surface area contributed by atoms with Crippen molar-refractivity contribution >= 4 is 11.9 Å². The Labute approximate surface area is 216 Å². The smallest absolute Gasteiger partial charge is 0.310 e. The van der Waals surface area contributed by atoms with Crippen LogP contribution in [0.25, 0.3) is 22.4 Å². The number of benzene rings is 1. The molecule has 0 amide bonds. The van der Waals surface area contributed by atoms with Gasteiger partial charge in [0.15, 0.2) is 0 Å². The van der Waals surface area contributed by atoms with Crippen molar-refractivity contribution in [2.45, 2.75) is 40.3 Å². The minimum atomic E-state index is -2.82. The number of carboxylic acids is 1. The molecule has 0 spiro atoms. The van der Waals surface area contributed by atoms with Gasteiger partial charge in [0.2, 0.25) is 11.8 Å². The number of hydrogen-bond donors (Lipinski definition) is 2. The molecule has 3 N–H and O–H groups in total. The van der Waals surface area contributed by atoms with Gasteiger partial charge in [-0.2, -0.15) is 10.1 Å². The molecule has 0 saturated heterocycles. The maximum atomic E-state index is 13.6. The van der Waals surface area contributed by atoms with E-state index < -0.39 is 29.3 Å². The second-order valence-electron chi connectivity index (χ2n) is 9.32. The van der Waals surface area contributed by atoms with Gasteiger partial charge in [0, 0.05) is 17.5 Å². The minimum absolute atomic E-state index is 0.00283. The summed E-state index contributed by atoms with van der Waals surface area (Å²) in [4.78, 5) is 23.9. The molecule has 0 radical (unpaired) electrons. The molecule has 0 bridgehead atoms. The van der Waals surface area contributed by atoms with E-state index in [2.05, 4.69) is 20.1 Å². The van der Waals surface area contributed by atoms with Crippen molar-refractivity contribution in [3.63, 3.8) is 0 Å². The van der Waals surface area contributed by atoms with Crippen LogP contribution < -0.4 is 10.5 Å². The van der Waals surface area contributed by atoms with Crippen LogP contribution in [0, 0.1) is 18.2 Å². The first kappa shape index (κ1) is 26.6. The summed E-state index contributed by atoms with van der Waals surface area (Å²) < 4.78 is 48.2. The molecule has 0 unspecified atom stereocenters. The molecule has 198 valence electrons. The van der Waals surface area contributed by atoms with Crippen molar-refractivity contribution in [1.82, 2.24) is 24.7 Å². The molecule has 12 heteroatoms. The third-order valence-electron chi connectivity index (χ3n) is 5.69. The molecule has 0 aliphatic carbocycles. The SMILES string of the molecule is Cc1cc(-c2c(OCc3ccn(CC(C)(C)C(=O)O)n3)nc(N)nc2-c2ccc(F)cc2)cc(C(F)F)n1. The van der Waals surface area contributed by atoms with Gasteiger partial charge in [-0.15, -0.1) is 0 Å². The number of aryl methyl sites for hydroxylation is 1. The van der Waals surface area contributed by atoms with Crippen LogP contribution in [0.15, 0.2) is 48.7 Å². The van der Waals surface area contributed by atoms with Gasteiger partial charge in [-0.3, -0.25) is 14.5 Å². The van der Waals surface area contributed by atoms with E-state index in [1.807, 2.05) is 0 Å². The van der Waals surface area contributed by atoms with Gasteiger partial charge >= 0.3 is 5.97 Å². The number of ether oxygens (including phenoxy) is 1. The van der Waals surface area contributed by atoms with Gasteiger partial charge in [0.25, 0.3) is 6.43 Å². The van der Waals surface area contributed by atoms with Gasteiger partial charge < -0.3 is 15.6 Å². The fourth-order valence-corrected chi connectivity index (χ4v) is 3.77. The Morgan fingerprint density at radius 3 is 2.47 bits per heavy atom. The van der Waals surface area contributed by atoms with Gasteiger partial charge in [0.1, 0.15) is 18.1 Å². The summed E-state index contributed by atoms with van der Waals surface area (Å²) in [5.41, 5.74) is 6.61. The summed E-state index contributed by atoms with van der Waals surface area (Å²) in [5, 5.41) is 13.7. The maximum Gasteiger partial charge on any atom is 0.310 e. The van der Waals surface area contributed by atoms with Crippen LogP contribution in [0.3, 0.4) is 0 Å². The molecular weight excluding hydrogens is 501 g/mol. The van der Waals surface area contributed by atoms with E-state index in [-0.39, 0.29) is 36.2 Å². The number of nitrogens with two attached hydrogens (primary N) is 1. The summed E-state index contributed by atoms with van der Waals surface area (Å²) in [6.45, 7) is 4.81. The van der Waals surface area contributed by atoms with E-state index in [4.69, 9.17) is 10.5 Å². The third kappa shape index (κ3) is 5.90. The second kappa shape index (κ2) is 10.5. The molecule has 1 aromatic carbocycles. The average molecular weight is 527 g/mol. The van der Waals surface area contributed by atoms with Crippen LogP contribution in [0.5, 0.6) is 5.88 Å². The predicted molar refractivity (Wildman–Crippen MR) is 133 cm³/mol. The van der Waals surface area contributed by atoms with Crippen LogP contribution in [-0.4, -0.2) is 35.8 Å². The van der Waals surface area contributed by atoms with Crippen molar-refractivity contribution in [2.24, 2.45) is 5.41 Å². The Kier molecular flexibility index (Phi) is 7.33. The third-order valence-corrected chi connectivity index (χ3v) is 5.69. The Hall–Kier alpha value is -4.48. The van der Waals surface area contributed by atoms with Crippen molar-refractivity contribution < 1.29 is 27.8 Å². The van der Waals surface area contributed by atoms with Crippen molar-refractivity contribution in [3.05, 3.63) is 71.6 Å². The molecule has 0 atom stereocenters. The number of aromatic nitrogens is 5. The Morgan fingerprint density at radius 2 is 1.82 bits per heavy atom. The standard InChI is InChI=1S/C26H25F3N6O3/c1-14-10-16(11-19(31-14)22(28)29)20-21(15-4-6-17(27)7-5-15)32-25(30)33-23(20)38-12-18-8-9-35(34-18)13-26(2,3)24(36)37/h4-11,22H,12-13H2,1-3H3,(H,36,37)(H2,30,32,33). The molecular formula is C26H25F3N6O3. The fourth-order valence-electron chi connectivity index (χ4n) is 3.77. The highest BCUT2D eigenvalue weighted by molar-refractivity contribution is 5.85. The lowest BCUT2D eigenvalue weighted by Crippen LogP contribution is -2.29. The lowest BCUT2D eigenvalue weighted by molar-refractivity contribution is -0.147. The van der Waals surface area contributed by atoms with Crippen LogP contribution in [0.4, 0.5) is 19.1 Å². The average Bonchev–Trinajstić information content (AvgIpc) is 3.28. The van der Waals surface area contributed by atoms with Crippen LogP contribution >= 0.6 is 0 Å². The lowest BCUT2D eigenvalue weighted by Gasteiger charge is -2.18. The molecule has 0 saturated carbocycles. The van der Waals surface area contributed by atoms with Gasteiger partial charge in [-0.1, -0.05) is 0 Å². The molecule has 4 rings (SSSR count). The fraction of sp³-hybridized carbons (Fsp3) is 0.269. The van der Waals surface area contributed by atoms with Gasteiger partial charge in [-0.25, -0.2) is 18.2 Å². The number of halogens is 3. The first-order valence-corrected chi connectivity index (χ1v) is 11.5. The van der Waals surface area contributed by atoms with Crippen molar-refractivity contribution in [1.29, 1.82) is 0 Å². The highest BCUT2D eigenvalue weighted by Crippen LogP contribution is 2.39. The summed E-state index contributed by atoms with van der Waals surface area (Å²) in [7, 11) is 0. The number of nitrogens with zero attached hydrogens (tertiary/aromatic N) is 5. The summed E-state index contributed by atoms with van der Waals surface area (Å²) in [6, 6.07) is 9.92. The molecule has 38 heavy (non-hydrogen) atoms. The highest BCUT2D eigenvalue weighted by Gasteiger charge is 2.28. The molecule has 3 aromatic heterocycles. The summed E-state index contributed by atoms with van der Waals surface area (Å²) in [5.74, 6) is -1.56. The quantitative estimate of drug-likeness (QED) is 0.310. The number of carbonyl (C=O) groups is 1. The number of anilines is 1. The number of aliphatic carboxylic acids is 1. The monoisotopic (exact) mass is 526 g/mol. The Bertz CT molecular complexity index is 1470. The Balaban J connectivity index is 1.76. The zero-order valence-corrected chi connectivity index (χ0v) is 20.8. The molecule has 0 fully saturated rings. The topological polar surface area (TPSA) is 129 Å². The van der Waals surface area contributed by atoms with E-state index in [1.54, 1.807) is 39.1 Å². The number of pyridine rings is 1. The number of nitrogen functional groups attached to an aromatic ring is 1. The molecule has 0 aliphatic heterocycles. The Morgan fingerprint density at radius 1 is 1.11 bits per heavy atom. The number of hydrogen-bond acceptors (Lipinski definition) is 7. The van der Waals surface area contributed by atoms with Crippen molar-refractivity contribution in [3.8, 4) is 28.3 Å². The lowest BCUT2D eigenvalue weighted by atomic mass is 9.94. The highest BCUT2D eigenvalue weighted by atomic mass is 19.3. The van der Waals surface area contributed by atoms with Gasteiger partial charge in [-0.05, 0) is 68.8 Å². The van der Waals surface area contributed by atoms with Crippen LogP contribution in [0.2, 0.25) is 0 Å². The number of rotatable bonds is 9. The van der Waals surface area contributed by atoms with E-state index in [0.717, 1.165) is 0 Å². The predicted octanol–water partition coefficient (Wildman–Crippen LogP) is 5.06. The van der Waals surface area contributed by atoms with E-state index >= 15 is 0 Å². The molecule has 0 aliphatic rings. The largest absolute Gasteiger partial charge is 0.481 e. The first-order valence-electron chi connectivity index (χ1n) is 11.5. The van der Waals surface area contributed by atoms with Crippen LogP contribution in [-0.2, 0) is 17.9 Å². The van der Waals surface area contributed by atoms with E-state index in [1.165, 1.54) is 35.0 Å². The normalized spacial score (nSPS) is 11.7. The summed E-state index contributed by atoms with van der Waals surface area (Å²) >= 11 is 0. The minimum Gasteiger partial charge on any atom is -0.481 e. The number of alkyl halides is 2. The van der Waals surface area contributed by atoms with Crippen molar-refractivity contribution in [2.75, 3.05) is 5.73 Å². The van der Waals surface area contributed by atoms with E-state index in [0.29, 0.717) is 22.5 Å².